The highest BCUT2D eigenvalue weighted by Gasteiger charge is 2.50. The second-order valence-electron chi connectivity index (χ2n) is 8.74. The van der Waals surface area contributed by atoms with E-state index in [4.69, 9.17) is 32.7 Å². The molecule has 1 unspecified atom stereocenters. The van der Waals surface area contributed by atoms with Crippen LogP contribution in [-0.2, 0) is 20.7 Å². The standard InChI is InChI=1S/C21H28Cl2N2O4/c1-13-17-14(10-15(22)11-16(17)23)6-8-25(13)18(26)21(28-5)7-9-24(12-21)19(27)29-20(2,3)4/h10-11,13H,6-9,12H2,1-5H3/t13-,21?/m0/s1. The summed E-state index contributed by atoms with van der Waals surface area (Å²) in [5.74, 6) is -0.129. The van der Waals surface area contributed by atoms with Gasteiger partial charge in [-0.3, -0.25) is 4.79 Å². The van der Waals surface area contributed by atoms with E-state index in [9.17, 15) is 9.59 Å². The van der Waals surface area contributed by atoms with Crippen LogP contribution in [0.2, 0.25) is 10.0 Å². The number of likely N-dealkylation sites (tertiary alicyclic amines) is 1. The van der Waals surface area contributed by atoms with Gasteiger partial charge in [-0.25, -0.2) is 4.79 Å². The van der Waals surface area contributed by atoms with E-state index in [2.05, 4.69) is 0 Å². The zero-order chi connectivity index (χ0) is 21.6. The molecule has 1 aromatic rings. The molecule has 0 aromatic heterocycles. The van der Waals surface area contributed by atoms with Crippen LogP contribution in [0.1, 0.15) is 51.3 Å². The smallest absolute Gasteiger partial charge is 0.410 e. The second-order valence-corrected chi connectivity index (χ2v) is 9.58. The zero-order valence-corrected chi connectivity index (χ0v) is 19.1. The summed E-state index contributed by atoms with van der Waals surface area (Å²) in [6.07, 6.45) is 0.659. The Bertz CT molecular complexity index is 824. The first-order valence-corrected chi connectivity index (χ1v) is 10.5. The molecule has 0 spiro atoms. The molecule has 2 amide bonds. The fourth-order valence-electron chi connectivity index (χ4n) is 4.14. The summed E-state index contributed by atoms with van der Waals surface area (Å²) in [5, 5.41) is 1.16. The topological polar surface area (TPSA) is 59.1 Å². The third-order valence-corrected chi connectivity index (χ3v) is 6.14. The summed E-state index contributed by atoms with van der Waals surface area (Å²) in [6, 6.07) is 3.41. The maximum Gasteiger partial charge on any atom is 0.410 e. The number of ether oxygens (including phenoxy) is 2. The van der Waals surface area contributed by atoms with E-state index in [1.165, 1.54) is 7.11 Å². The van der Waals surface area contributed by atoms with E-state index in [1.54, 1.807) is 15.9 Å². The van der Waals surface area contributed by atoms with Gasteiger partial charge in [0.05, 0.1) is 12.6 Å². The third-order valence-electron chi connectivity index (χ3n) is 5.61. The molecule has 2 atom stereocenters. The monoisotopic (exact) mass is 442 g/mol. The number of methoxy groups -OCH3 is 1. The van der Waals surface area contributed by atoms with E-state index in [0.717, 1.165) is 11.1 Å². The molecule has 2 aliphatic heterocycles. The lowest BCUT2D eigenvalue weighted by molar-refractivity contribution is -0.156. The molecule has 29 heavy (non-hydrogen) atoms. The Morgan fingerprint density at radius 1 is 1.21 bits per heavy atom. The van der Waals surface area contributed by atoms with Gasteiger partial charge in [0.1, 0.15) is 5.60 Å². The molecule has 3 rings (SSSR count). The van der Waals surface area contributed by atoms with E-state index in [-0.39, 0.29) is 18.5 Å². The molecule has 0 aliphatic carbocycles. The number of rotatable bonds is 2. The lowest BCUT2D eigenvalue weighted by Crippen LogP contribution is -2.54. The molecular formula is C21H28Cl2N2O4. The van der Waals surface area contributed by atoms with Gasteiger partial charge in [0.25, 0.3) is 5.91 Å². The lowest BCUT2D eigenvalue weighted by Gasteiger charge is -2.40. The van der Waals surface area contributed by atoms with Crippen LogP contribution in [0, 0.1) is 0 Å². The number of amides is 2. The van der Waals surface area contributed by atoms with Gasteiger partial charge in [0.15, 0.2) is 5.60 Å². The van der Waals surface area contributed by atoms with Crippen molar-refractivity contribution in [3.8, 4) is 0 Å². The molecule has 6 nitrogen and oxygen atoms in total. The lowest BCUT2D eigenvalue weighted by atomic mass is 9.91. The van der Waals surface area contributed by atoms with Crippen LogP contribution in [0.25, 0.3) is 0 Å². The molecule has 1 aromatic carbocycles. The fourth-order valence-corrected chi connectivity index (χ4v) is 4.83. The number of carbonyl (C=O) groups is 2. The minimum absolute atomic E-state index is 0.129. The number of hydrogen-bond acceptors (Lipinski definition) is 4. The van der Waals surface area contributed by atoms with Crippen LogP contribution < -0.4 is 0 Å². The number of hydrogen-bond donors (Lipinski definition) is 0. The van der Waals surface area contributed by atoms with Crippen molar-refractivity contribution >= 4 is 35.2 Å². The number of benzene rings is 1. The van der Waals surface area contributed by atoms with Crippen molar-refractivity contribution in [3.05, 3.63) is 33.3 Å². The van der Waals surface area contributed by atoms with E-state index < -0.39 is 17.3 Å². The van der Waals surface area contributed by atoms with Gasteiger partial charge in [-0.15, -0.1) is 0 Å². The summed E-state index contributed by atoms with van der Waals surface area (Å²) < 4.78 is 11.2. The molecule has 0 saturated carbocycles. The van der Waals surface area contributed by atoms with Crippen molar-refractivity contribution in [1.29, 1.82) is 0 Å². The Balaban J connectivity index is 1.81. The molecule has 8 heteroatoms. The zero-order valence-electron chi connectivity index (χ0n) is 17.6. The largest absolute Gasteiger partial charge is 0.444 e. The van der Waals surface area contributed by atoms with Crippen molar-refractivity contribution in [2.45, 2.75) is 57.8 Å². The Morgan fingerprint density at radius 2 is 1.90 bits per heavy atom. The molecule has 2 heterocycles. The summed E-state index contributed by atoms with van der Waals surface area (Å²) in [5.41, 5.74) is 0.306. The van der Waals surface area contributed by atoms with Gasteiger partial charge < -0.3 is 19.3 Å². The van der Waals surface area contributed by atoms with Gasteiger partial charge in [0.2, 0.25) is 0 Å². The van der Waals surface area contributed by atoms with Crippen molar-refractivity contribution < 1.29 is 19.1 Å². The summed E-state index contributed by atoms with van der Waals surface area (Å²) in [7, 11) is 1.52. The second kappa shape index (κ2) is 7.97. The SMILES string of the molecule is COC1(C(=O)N2CCc3cc(Cl)cc(Cl)c3[C@@H]2C)CCN(C(=O)OC(C)(C)C)C1. The Kier molecular flexibility index (Phi) is 6.10. The fraction of sp³-hybridized carbons (Fsp3) is 0.619. The molecule has 1 fully saturated rings. The first kappa shape index (κ1) is 22.2. The number of carbonyl (C=O) groups excluding carboxylic acids is 2. The van der Waals surface area contributed by atoms with Crippen molar-refractivity contribution in [3.63, 3.8) is 0 Å². The predicted octanol–water partition coefficient (Wildman–Crippen LogP) is 4.47. The minimum Gasteiger partial charge on any atom is -0.444 e. The summed E-state index contributed by atoms with van der Waals surface area (Å²) >= 11 is 12.6. The molecule has 2 aliphatic rings. The van der Waals surface area contributed by atoms with Gasteiger partial charge in [0, 0.05) is 36.7 Å². The van der Waals surface area contributed by atoms with Crippen LogP contribution in [0.4, 0.5) is 4.79 Å². The predicted molar refractivity (Wildman–Crippen MR) is 112 cm³/mol. The molecule has 160 valence electrons. The van der Waals surface area contributed by atoms with Crippen molar-refractivity contribution in [2.24, 2.45) is 0 Å². The Morgan fingerprint density at radius 3 is 2.52 bits per heavy atom. The first-order valence-electron chi connectivity index (χ1n) is 9.79. The quantitative estimate of drug-likeness (QED) is 0.677. The van der Waals surface area contributed by atoms with Gasteiger partial charge in [-0.1, -0.05) is 23.2 Å². The highest BCUT2D eigenvalue weighted by atomic mass is 35.5. The van der Waals surface area contributed by atoms with Crippen molar-refractivity contribution in [2.75, 3.05) is 26.7 Å². The molecular weight excluding hydrogens is 415 g/mol. The highest BCUT2D eigenvalue weighted by Crippen LogP contribution is 2.39. The molecule has 0 N–H and O–H groups in total. The van der Waals surface area contributed by atoms with Crippen LogP contribution in [-0.4, -0.2) is 59.7 Å². The first-order chi connectivity index (χ1) is 13.5. The van der Waals surface area contributed by atoms with Crippen LogP contribution >= 0.6 is 23.2 Å². The average Bonchev–Trinajstić information content (AvgIpc) is 3.05. The summed E-state index contributed by atoms with van der Waals surface area (Å²) in [4.78, 5) is 29.4. The number of fused-ring (bicyclic) bond motifs is 1. The number of halogens is 2. The van der Waals surface area contributed by atoms with Gasteiger partial charge >= 0.3 is 6.09 Å². The third kappa shape index (κ3) is 4.35. The van der Waals surface area contributed by atoms with Gasteiger partial charge in [-0.05, 0) is 57.4 Å². The van der Waals surface area contributed by atoms with Crippen molar-refractivity contribution in [1.82, 2.24) is 9.80 Å². The van der Waals surface area contributed by atoms with E-state index in [0.29, 0.717) is 36.0 Å². The van der Waals surface area contributed by atoms with Crippen LogP contribution in [0.5, 0.6) is 0 Å². The van der Waals surface area contributed by atoms with Crippen LogP contribution in [0.15, 0.2) is 12.1 Å². The maximum atomic E-state index is 13.6. The normalized spacial score (nSPS) is 24.4. The van der Waals surface area contributed by atoms with E-state index in [1.807, 2.05) is 33.8 Å². The number of nitrogens with zero attached hydrogens (tertiary/aromatic N) is 2. The Labute approximate surface area is 182 Å². The maximum absolute atomic E-state index is 13.6. The minimum atomic E-state index is -1.08. The molecule has 0 bridgehead atoms. The van der Waals surface area contributed by atoms with Gasteiger partial charge in [-0.2, -0.15) is 0 Å². The molecule has 1 saturated heterocycles. The average molecular weight is 443 g/mol. The van der Waals surface area contributed by atoms with E-state index >= 15 is 0 Å². The van der Waals surface area contributed by atoms with Crippen LogP contribution in [0.3, 0.4) is 0 Å². The Hall–Kier alpha value is -1.50. The molecule has 0 radical (unpaired) electrons. The summed E-state index contributed by atoms with van der Waals surface area (Å²) in [6.45, 7) is 8.53. The highest BCUT2D eigenvalue weighted by molar-refractivity contribution is 6.35.